The van der Waals surface area contributed by atoms with Crippen molar-refractivity contribution in [3.8, 4) is 43.1 Å². The first-order valence-electron chi connectivity index (χ1n) is 15.9. The van der Waals surface area contributed by atoms with Crippen LogP contribution in [0.5, 0.6) is 0 Å². The highest BCUT2D eigenvalue weighted by Crippen LogP contribution is 2.42. The average molecular weight is 672 g/mol. The third-order valence-electron chi connectivity index (χ3n) is 8.84. The highest BCUT2D eigenvalue weighted by molar-refractivity contribution is 7.25. The van der Waals surface area contributed by atoms with E-state index in [-0.39, 0.29) is 0 Å². The van der Waals surface area contributed by atoms with Gasteiger partial charge in [-0.2, -0.15) is 0 Å². The molecule has 7 heterocycles. The van der Waals surface area contributed by atoms with Gasteiger partial charge in [0.05, 0.1) is 22.8 Å². The molecule has 48 heavy (non-hydrogen) atoms. The first-order valence-corrected chi connectivity index (χ1v) is 18.5. The highest BCUT2D eigenvalue weighted by atomic mass is 32.1. The van der Waals surface area contributed by atoms with E-state index in [9.17, 15) is 0 Å². The van der Waals surface area contributed by atoms with E-state index < -0.39 is 0 Å². The van der Waals surface area contributed by atoms with Gasteiger partial charge in [-0.25, -0.2) is 9.97 Å². The number of nitrogens with zero attached hydrogens (tertiary/aromatic N) is 2. The summed E-state index contributed by atoms with van der Waals surface area (Å²) in [6.07, 6.45) is 8.70. The monoisotopic (exact) mass is 671 g/mol. The molecule has 2 aliphatic heterocycles. The van der Waals surface area contributed by atoms with E-state index in [1.807, 2.05) is 11.3 Å². The predicted octanol–water partition coefficient (Wildman–Crippen LogP) is 12.8. The molecule has 0 fully saturated rings. The van der Waals surface area contributed by atoms with Crippen molar-refractivity contribution in [1.29, 1.82) is 0 Å². The maximum absolute atomic E-state index is 5.39. The minimum atomic E-state index is 0.941. The van der Waals surface area contributed by atoms with Gasteiger partial charge < -0.3 is 4.98 Å². The molecule has 0 atom stereocenters. The van der Waals surface area contributed by atoms with Crippen LogP contribution in [-0.4, -0.2) is 15.0 Å². The number of rotatable bonds is 4. The van der Waals surface area contributed by atoms with Crippen LogP contribution in [0.15, 0.2) is 108 Å². The van der Waals surface area contributed by atoms with Crippen molar-refractivity contribution in [1.82, 2.24) is 15.0 Å². The lowest BCUT2D eigenvalue weighted by molar-refractivity contribution is 1.32. The largest absolute Gasteiger partial charge is 0.354 e. The van der Waals surface area contributed by atoms with E-state index >= 15 is 0 Å². The molecular formula is C42H29N3S3. The number of hydrogen-bond donors (Lipinski definition) is 1. The highest BCUT2D eigenvalue weighted by Gasteiger charge is 2.19. The van der Waals surface area contributed by atoms with Gasteiger partial charge in [0.25, 0.3) is 0 Å². The van der Waals surface area contributed by atoms with Gasteiger partial charge in [0.1, 0.15) is 0 Å². The summed E-state index contributed by atoms with van der Waals surface area (Å²) in [4.78, 5) is 17.0. The van der Waals surface area contributed by atoms with Crippen LogP contribution in [0.25, 0.3) is 87.9 Å². The lowest BCUT2D eigenvalue weighted by atomic mass is 10.0. The van der Waals surface area contributed by atoms with Crippen LogP contribution in [0, 0.1) is 13.8 Å². The van der Waals surface area contributed by atoms with Crippen molar-refractivity contribution >= 4 is 78.7 Å². The van der Waals surface area contributed by atoms with Crippen molar-refractivity contribution < 1.29 is 0 Å². The number of nitrogens with one attached hydrogen (secondary N) is 1. The fourth-order valence-corrected chi connectivity index (χ4v) is 9.35. The Morgan fingerprint density at radius 3 is 1.27 bits per heavy atom. The second kappa shape index (κ2) is 11.8. The van der Waals surface area contributed by atoms with E-state index in [1.165, 1.54) is 30.3 Å². The Hall–Kier alpha value is -5.14. The summed E-state index contributed by atoms with van der Waals surface area (Å²) in [5.74, 6) is 0. The lowest BCUT2D eigenvalue weighted by Crippen LogP contribution is -1.88. The van der Waals surface area contributed by atoms with Gasteiger partial charge >= 0.3 is 0 Å². The Bertz CT molecular complexity index is 2370. The van der Waals surface area contributed by atoms with E-state index in [0.717, 1.165) is 67.2 Å². The van der Waals surface area contributed by atoms with Crippen LogP contribution in [0.4, 0.5) is 0 Å². The number of benzene rings is 2. The Morgan fingerprint density at radius 2 is 0.875 bits per heavy atom. The summed E-state index contributed by atoms with van der Waals surface area (Å²) in [7, 11) is 0. The van der Waals surface area contributed by atoms with Crippen LogP contribution >= 0.6 is 34.0 Å². The first-order chi connectivity index (χ1) is 23.6. The molecule has 7 aromatic rings. The van der Waals surface area contributed by atoms with Gasteiger partial charge in [-0.05, 0) is 96.4 Å². The van der Waals surface area contributed by atoms with Crippen LogP contribution in [-0.2, 0) is 0 Å². The number of fused-ring (bicyclic) bond motifs is 8. The number of hydrogen-bond acceptors (Lipinski definition) is 5. The SMILES string of the molecule is Cc1ccc(-c2c3nc(c(-c4cccs4)c4ccc(s4)c(-c4cccs4)c4nc(c(-c5ccc(C)cc5)c5ccc2[nH]5)C=C4)C=C3)cc1. The number of aryl methyl sites for hydroxylation is 2. The summed E-state index contributed by atoms with van der Waals surface area (Å²) in [5.41, 5.74) is 15.0. The molecule has 6 heteroatoms. The topological polar surface area (TPSA) is 41.6 Å². The molecule has 0 amide bonds. The standard InChI is InChI=1S/C42H29N3S3/c1-25-7-11-27(12-8-25)39-29-15-16-30(43-29)40(28-13-9-26(2)10-14-28)32-18-20-34(45-32)42(36-6-4-24-47-36)38-22-21-37(48-38)41(35-5-3-23-46-35)33-19-17-31(39)44-33/h3-24,43H,1-2H3. The molecule has 9 rings (SSSR count). The number of aromatic amines is 1. The van der Waals surface area contributed by atoms with E-state index in [0.29, 0.717) is 0 Å². The Balaban J connectivity index is 1.47. The Kier molecular flexibility index (Phi) is 7.16. The second-order valence-corrected chi connectivity index (χ2v) is 15.0. The molecule has 2 aromatic carbocycles. The summed E-state index contributed by atoms with van der Waals surface area (Å²) >= 11 is 5.32. The molecule has 230 valence electrons. The molecule has 1 N–H and O–H groups in total. The molecule has 0 spiro atoms. The van der Waals surface area contributed by atoms with Gasteiger partial charge in [-0.3, -0.25) is 0 Å². The molecule has 0 unspecified atom stereocenters. The van der Waals surface area contributed by atoms with Gasteiger partial charge in [0.15, 0.2) is 0 Å². The molecule has 0 saturated heterocycles. The summed E-state index contributed by atoms with van der Waals surface area (Å²) < 4.78 is 2.38. The minimum absolute atomic E-state index is 0.941. The molecule has 0 saturated carbocycles. The van der Waals surface area contributed by atoms with E-state index in [2.05, 4.69) is 151 Å². The molecule has 3 nitrogen and oxygen atoms in total. The number of thiophene rings is 3. The quantitative estimate of drug-likeness (QED) is 0.202. The number of H-pyrrole nitrogens is 1. The minimum Gasteiger partial charge on any atom is -0.354 e. The normalized spacial score (nSPS) is 12.2. The third kappa shape index (κ3) is 5.10. The van der Waals surface area contributed by atoms with Gasteiger partial charge in [-0.1, -0.05) is 71.8 Å². The van der Waals surface area contributed by atoms with Crippen LogP contribution in [0.1, 0.15) is 33.9 Å². The number of aromatic nitrogens is 3. The van der Waals surface area contributed by atoms with Gasteiger partial charge in [0.2, 0.25) is 0 Å². The summed E-state index contributed by atoms with van der Waals surface area (Å²) in [6.45, 7) is 4.25. The molecule has 0 radical (unpaired) electrons. The van der Waals surface area contributed by atoms with Crippen molar-refractivity contribution in [2.75, 3.05) is 0 Å². The maximum atomic E-state index is 5.39. The summed E-state index contributed by atoms with van der Waals surface area (Å²) in [6, 6.07) is 35.0. The van der Waals surface area contributed by atoms with Crippen LogP contribution < -0.4 is 0 Å². The lowest BCUT2D eigenvalue weighted by Gasteiger charge is -2.06. The smallest absolute Gasteiger partial charge is 0.0738 e. The van der Waals surface area contributed by atoms with Crippen molar-refractivity contribution in [2.45, 2.75) is 13.8 Å². The predicted molar refractivity (Wildman–Crippen MR) is 209 cm³/mol. The molecule has 8 bridgehead atoms. The first kappa shape index (κ1) is 29.0. The van der Waals surface area contributed by atoms with Crippen molar-refractivity contribution in [3.63, 3.8) is 0 Å². The second-order valence-electron chi connectivity index (χ2n) is 12.1. The fraction of sp³-hybridized carbons (Fsp3) is 0.0476. The van der Waals surface area contributed by atoms with Gasteiger partial charge in [0, 0.05) is 52.4 Å². The van der Waals surface area contributed by atoms with E-state index in [1.54, 1.807) is 22.7 Å². The maximum Gasteiger partial charge on any atom is 0.0738 e. The molecule has 0 aliphatic carbocycles. The van der Waals surface area contributed by atoms with Crippen molar-refractivity contribution in [2.24, 2.45) is 0 Å². The molecule has 5 aromatic heterocycles. The van der Waals surface area contributed by atoms with Crippen LogP contribution in [0.3, 0.4) is 0 Å². The van der Waals surface area contributed by atoms with Crippen molar-refractivity contribution in [3.05, 3.63) is 142 Å². The Labute approximate surface area is 290 Å². The van der Waals surface area contributed by atoms with E-state index in [4.69, 9.17) is 9.97 Å². The zero-order chi connectivity index (χ0) is 32.2. The molecular weight excluding hydrogens is 643 g/mol. The average Bonchev–Trinajstić information content (AvgIpc) is 3.94. The zero-order valence-corrected chi connectivity index (χ0v) is 28.8. The fourth-order valence-electron chi connectivity index (χ4n) is 6.49. The van der Waals surface area contributed by atoms with Crippen LogP contribution in [0.2, 0.25) is 0 Å². The third-order valence-corrected chi connectivity index (χ3v) is 11.7. The van der Waals surface area contributed by atoms with Gasteiger partial charge in [-0.15, -0.1) is 34.0 Å². The summed E-state index contributed by atoms with van der Waals surface area (Å²) in [5, 5.41) is 4.29. The molecule has 2 aliphatic rings. The Morgan fingerprint density at radius 1 is 0.458 bits per heavy atom. The zero-order valence-electron chi connectivity index (χ0n) is 26.3.